The van der Waals surface area contributed by atoms with Crippen LogP contribution in [0, 0.1) is 0 Å². The molecule has 0 aliphatic rings. The molecule has 0 fully saturated rings. The van der Waals surface area contributed by atoms with Gasteiger partial charge in [0, 0.05) is 8.95 Å². The maximum absolute atomic E-state index is 4.13. The molecule has 2 aromatic heterocycles. The summed E-state index contributed by atoms with van der Waals surface area (Å²) in [5.74, 6) is 0. The van der Waals surface area contributed by atoms with E-state index in [2.05, 4.69) is 49.4 Å². The maximum Gasteiger partial charge on any atom is 0.120 e. The third-order valence-electron chi connectivity index (χ3n) is 2.48. The Morgan fingerprint density at radius 1 is 0.650 bits per heavy atom. The fourth-order valence-electron chi connectivity index (χ4n) is 1.53. The lowest BCUT2D eigenvalue weighted by Gasteiger charge is -1.92. The molecular formula is C12H6Br2N4S2. The van der Waals surface area contributed by atoms with Crippen molar-refractivity contribution in [2.24, 2.45) is 0 Å². The molecule has 0 aliphatic heterocycles. The Hall–Kier alpha value is -0.960. The molecule has 0 saturated heterocycles. The van der Waals surface area contributed by atoms with Gasteiger partial charge in [-0.2, -0.15) is 17.5 Å². The van der Waals surface area contributed by atoms with Crippen LogP contribution >= 0.6 is 55.3 Å². The first-order valence-corrected chi connectivity index (χ1v) is 8.54. The van der Waals surface area contributed by atoms with Gasteiger partial charge >= 0.3 is 0 Å². The summed E-state index contributed by atoms with van der Waals surface area (Å²) < 4.78 is 18.3. The predicted octanol–water partition coefficient (Wildman–Crippen LogP) is 4.91. The van der Waals surface area contributed by atoms with Gasteiger partial charge in [0.1, 0.15) is 22.1 Å². The molecule has 8 heteroatoms. The number of fused-ring (bicyclic) bond motifs is 2. The average molecular weight is 430 g/mol. The zero-order chi connectivity index (χ0) is 13.9. The molecule has 0 saturated carbocycles. The van der Waals surface area contributed by atoms with Crippen LogP contribution in [-0.4, -0.2) is 17.5 Å². The van der Waals surface area contributed by atoms with Crippen molar-refractivity contribution < 1.29 is 0 Å². The summed E-state index contributed by atoms with van der Waals surface area (Å²) in [7, 11) is 0. The van der Waals surface area contributed by atoms with Crippen LogP contribution in [0.5, 0.6) is 0 Å². The van der Waals surface area contributed by atoms with Crippen LogP contribution < -0.4 is 0 Å². The predicted molar refractivity (Wildman–Crippen MR) is 90.2 cm³/mol. The van der Waals surface area contributed by atoms with Crippen LogP contribution in [0.15, 0.2) is 45.3 Å². The van der Waals surface area contributed by atoms with E-state index in [-0.39, 0.29) is 0 Å². The van der Waals surface area contributed by atoms with Gasteiger partial charge in [0.2, 0.25) is 0 Å². The van der Waals surface area contributed by atoms with Crippen molar-refractivity contribution in [3.63, 3.8) is 0 Å². The Labute approximate surface area is 139 Å². The first-order valence-electron chi connectivity index (χ1n) is 5.49. The summed E-state index contributed by atoms with van der Waals surface area (Å²) in [6.45, 7) is 0. The minimum Gasteiger partial charge on any atom is -0.173 e. The average Bonchev–Trinajstić information content (AvgIpc) is 3.12. The van der Waals surface area contributed by atoms with Crippen molar-refractivity contribution in [2.45, 2.75) is 0 Å². The van der Waals surface area contributed by atoms with E-state index in [9.17, 15) is 0 Å². The number of rotatable bonds is 0. The van der Waals surface area contributed by atoms with Gasteiger partial charge in [-0.15, -0.1) is 0 Å². The zero-order valence-electron chi connectivity index (χ0n) is 9.83. The van der Waals surface area contributed by atoms with Crippen LogP contribution in [0.1, 0.15) is 0 Å². The summed E-state index contributed by atoms with van der Waals surface area (Å²) in [6.07, 6.45) is 0. The Morgan fingerprint density at radius 2 is 1.10 bits per heavy atom. The molecule has 100 valence electrons. The van der Waals surface area contributed by atoms with Crippen LogP contribution in [0.25, 0.3) is 22.1 Å². The van der Waals surface area contributed by atoms with Gasteiger partial charge in [0.05, 0.1) is 23.5 Å². The number of hydrogen-bond acceptors (Lipinski definition) is 6. The van der Waals surface area contributed by atoms with Gasteiger partial charge in [0.15, 0.2) is 0 Å². The smallest absolute Gasteiger partial charge is 0.120 e. The quantitative estimate of drug-likeness (QED) is 0.398. The Kier molecular flexibility index (Phi) is 4.35. The van der Waals surface area contributed by atoms with Crippen molar-refractivity contribution in [2.75, 3.05) is 0 Å². The number of nitrogens with zero attached hydrogens (tertiary/aromatic N) is 4. The monoisotopic (exact) mass is 428 g/mol. The lowest BCUT2D eigenvalue weighted by atomic mass is 10.3. The molecular weight excluding hydrogens is 424 g/mol. The van der Waals surface area contributed by atoms with E-state index in [1.54, 1.807) is 0 Å². The van der Waals surface area contributed by atoms with Gasteiger partial charge in [-0.3, -0.25) is 0 Å². The van der Waals surface area contributed by atoms with E-state index in [4.69, 9.17) is 0 Å². The molecule has 0 aliphatic carbocycles. The molecule has 0 atom stereocenters. The van der Waals surface area contributed by atoms with Crippen molar-refractivity contribution in [3.8, 4) is 0 Å². The minimum absolute atomic E-state index is 0.921. The topological polar surface area (TPSA) is 51.6 Å². The largest absolute Gasteiger partial charge is 0.173 e. The van der Waals surface area contributed by atoms with Gasteiger partial charge in [-0.05, 0) is 56.1 Å². The van der Waals surface area contributed by atoms with Crippen LogP contribution in [0.4, 0.5) is 0 Å². The molecule has 0 N–H and O–H groups in total. The summed E-state index contributed by atoms with van der Waals surface area (Å²) >= 11 is 9.26. The summed E-state index contributed by atoms with van der Waals surface area (Å²) in [5.41, 5.74) is 3.82. The van der Waals surface area contributed by atoms with E-state index >= 15 is 0 Å². The fourth-order valence-corrected chi connectivity index (χ4v) is 3.68. The van der Waals surface area contributed by atoms with Crippen molar-refractivity contribution in [1.29, 1.82) is 0 Å². The summed E-state index contributed by atoms with van der Waals surface area (Å²) in [6, 6.07) is 11.7. The summed E-state index contributed by atoms with van der Waals surface area (Å²) in [5, 5.41) is 0. The molecule has 2 heterocycles. The first kappa shape index (κ1) is 14.0. The highest BCUT2D eigenvalue weighted by atomic mass is 79.9. The van der Waals surface area contributed by atoms with E-state index < -0.39 is 0 Å². The summed E-state index contributed by atoms with van der Waals surface area (Å²) in [4.78, 5) is 0. The molecule has 4 nitrogen and oxygen atoms in total. The molecule has 4 rings (SSSR count). The standard InChI is InChI=1S/C6H2Br2N2S.C6H4N2S/c7-3-1-2-4(8)6-5(3)9-11-10-6;1-2-4-6-5(3-1)7-9-8-6/h1-2H;1-4H. The second-order valence-corrected chi connectivity index (χ2v) is 6.51. The Bertz CT molecular complexity index is 793. The molecule has 0 bridgehead atoms. The molecule has 0 radical (unpaired) electrons. The molecule has 4 aromatic rings. The Balaban J connectivity index is 0.000000123. The Morgan fingerprint density at radius 3 is 1.60 bits per heavy atom. The minimum atomic E-state index is 0.921. The number of hydrogen-bond donors (Lipinski definition) is 0. The normalized spacial score (nSPS) is 10.5. The van der Waals surface area contributed by atoms with Crippen molar-refractivity contribution >= 4 is 77.4 Å². The van der Waals surface area contributed by atoms with Gasteiger partial charge in [-0.1, -0.05) is 12.1 Å². The van der Waals surface area contributed by atoms with E-state index in [0.29, 0.717) is 0 Å². The van der Waals surface area contributed by atoms with Crippen LogP contribution in [0.2, 0.25) is 0 Å². The SMILES string of the molecule is Brc1ccc(Br)c2nsnc12.c1ccc2nsnc2c1. The van der Waals surface area contributed by atoms with Gasteiger partial charge in [0.25, 0.3) is 0 Å². The fraction of sp³-hybridized carbons (Fsp3) is 0. The zero-order valence-corrected chi connectivity index (χ0v) is 14.6. The van der Waals surface area contributed by atoms with E-state index in [1.165, 1.54) is 23.5 Å². The second kappa shape index (κ2) is 6.21. The van der Waals surface area contributed by atoms with Crippen LogP contribution in [0.3, 0.4) is 0 Å². The highest BCUT2D eigenvalue weighted by Gasteiger charge is 2.05. The molecule has 0 amide bonds. The third-order valence-corrected chi connectivity index (χ3v) is 4.84. The third kappa shape index (κ3) is 2.88. The lowest BCUT2D eigenvalue weighted by Crippen LogP contribution is -1.73. The lowest BCUT2D eigenvalue weighted by molar-refractivity contribution is 1.58. The molecule has 2 aromatic carbocycles. The number of benzene rings is 2. The first-order chi connectivity index (χ1) is 9.75. The number of aromatic nitrogens is 4. The van der Waals surface area contributed by atoms with Gasteiger partial charge < -0.3 is 0 Å². The molecule has 0 spiro atoms. The maximum atomic E-state index is 4.13. The number of halogens is 2. The molecule has 0 unspecified atom stereocenters. The highest BCUT2D eigenvalue weighted by Crippen LogP contribution is 2.28. The van der Waals surface area contributed by atoms with Crippen LogP contribution in [-0.2, 0) is 0 Å². The van der Waals surface area contributed by atoms with Crippen molar-refractivity contribution in [1.82, 2.24) is 17.5 Å². The van der Waals surface area contributed by atoms with E-state index in [0.717, 1.165) is 31.0 Å². The second-order valence-electron chi connectivity index (χ2n) is 3.74. The van der Waals surface area contributed by atoms with E-state index in [1.807, 2.05) is 36.4 Å². The van der Waals surface area contributed by atoms with Gasteiger partial charge in [-0.25, -0.2) is 0 Å². The van der Waals surface area contributed by atoms with Crippen molar-refractivity contribution in [3.05, 3.63) is 45.3 Å². The highest BCUT2D eigenvalue weighted by molar-refractivity contribution is 9.11. The molecule has 20 heavy (non-hydrogen) atoms.